The van der Waals surface area contributed by atoms with E-state index in [1.165, 1.54) is 4.90 Å². The van der Waals surface area contributed by atoms with Crippen molar-refractivity contribution in [3.05, 3.63) is 64.2 Å². The van der Waals surface area contributed by atoms with Crippen molar-refractivity contribution in [1.29, 1.82) is 0 Å². The molecule has 32 heavy (non-hydrogen) atoms. The molecule has 3 rings (SSSR count). The number of nitrogens with one attached hydrogen (secondary N) is 1. The van der Waals surface area contributed by atoms with Crippen LogP contribution in [0.1, 0.15) is 34.3 Å². The molecule has 0 atom stereocenters. The van der Waals surface area contributed by atoms with Gasteiger partial charge in [0.15, 0.2) is 0 Å². The van der Waals surface area contributed by atoms with Gasteiger partial charge >= 0.3 is 12.4 Å². The van der Waals surface area contributed by atoms with E-state index in [2.05, 4.69) is 5.32 Å². The summed E-state index contributed by atoms with van der Waals surface area (Å²) in [5.74, 6) is -1.61. The van der Waals surface area contributed by atoms with E-state index in [-0.39, 0.29) is 37.9 Å². The Morgan fingerprint density at radius 1 is 0.875 bits per heavy atom. The van der Waals surface area contributed by atoms with Crippen LogP contribution < -0.4 is 5.32 Å². The Kier molecular flexibility index (Phi) is 6.73. The predicted octanol–water partition coefficient (Wildman–Crippen LogP) is 5.87. The fraction of sp³-hybridized carbons (Fsp3) is 0.333. The van der Waals surface area contributed by atoms with Crippen LogP contribution in [0, 0.1) is 5.92 Å². The van der Waals surface area contributed by atoms with E-state index in [0.717, 1.165) is 0 Å². The van der Waals surface area contributed by atoms with Gasteiger partial charge < -0.3 is 10.2 Å². The SMILES string of the molecule is O=C(Nc1cc(C(F)(F)F)cc(C(F)(F)F)c1)C1CCN(C(=O)c2ccc(Cl)cc2)CC1. The number of alkyl halides is 6. The smallest absolute Gasteiger partial charge is 0.339 e. The molecule has 1 heterocycles. The van der Waals surface area contributed by atoms with Crippen LogP contribution in [0.25, 0.3) is 0 Å². The summed E-state index contributed by atoms with van der Waals surface area (Å²) >= 11 is 5.80. The van der Waals surface area contributed by atoms with Gasteiger partial charge in [0.05, 0.1) is 11.1 Å². The van der Waals surface area contributed by atoms with Crippen LogP contribution in [0.4, 0.5) is 32.0 Å². The first kappa shape index (κ1) is 23.9. The molecule has 0 aliphatic carbocycles. The molecule has 4 nitrogen and oxygen atoms in total. The molecule has 1 aliphatic rings. The molecule has 1 N–H and O–H groups in total. The summed E-state index contributed by atoms with van der Waals surface area (Å²) in [4.78, 5) is 26.5. The second-order valence-electron chi connectivity index (χ2n) is 7.36. The number of likely N-dealkylation sites (tertiary alicyclic amines) is 1. The molecule has 0 saturated carbocycles. The first-order valence-corrected chi connectivity index (χ1v) is 9.87. The van der Waals surface area contributed by atoms with Crippen molar-refractivity contribution >= 4 is 29.1 Å². The van der Waals surface area contributed by atoms with Gasteiger partial charge in [-0.2, -0.15) is 26.3 Å². The minimum Gasteiger partial charge on any atom is -0.339 e. The number of hydrogen-bond donors (Lipinski definition) is 1. The van der Waals surface area contributed by atoms with Crippen molar-refractivity contribution in [2.45, 2.75) is 25.2 Å². The third-order valence-corrected chi connectivity index (χ3v) is 5.35. The van der Waals surface area contributed by atoms with Crippen molar-refractivity contribution in [2.75, 3.05) is 18.4 Å². The van der Waals surface area contributed by atoms with Crippen LogP contribution in [-0.4, -0.2) is 29.8 Å². The highest BCUT2D eigenvalue weighted by Gasteiger charge is 2.37. The van der Waals surface area contributed by atoms with E-state index in [1.54, 1.807) is 24.3 Å². The van der Waals surface area contributed by atoms with E-state index in [4.69, 9.17) is 11.6 Å². The second kappa shape index (κ2) is 9.01. The molecular weight excluding hydrogens is 462 g/mol. The molecule has 0 aromatic heterocycles. The van der Waals surface area contributed by atoms with Crippen LogP contribution >= 0.6 is 11.6 Å². The maximum Gasteiger partial charge on any atom is 0.416 e. The number of carbonyl (C=O) groups is 2. The number of carbonyl (C=O) groups excluding carboxylic acids is 2. The topological polar surface area (TPSA) is 49.4 Å². The third kappa shape index (κ3) is 5.73. The summed E-state index contributed by atoms with van der Waals surface area (Å²) in [5.41, 5.74) is -3.19. The van der Waals surface area contributed by atoms with Gasteiger partial charge in [-0.25, -0.2) is 0 Å². The molecular formula is C21H17ClF6N2O2. The number of nitrogens with zero attached hydrogens (tertiary/aromatic N) is 1. The van der Waals surface area contributed by atoms with E-state index in [9.17, 15) is 35.9 Å². The Balaban J connectivity index is 1.67. The minimum absolute atomic E-state index is 0.00346. The normalized spacial score (nSPS) is 15.5. The van der Waals surface area contributed by atoms with Crippen molar-refractivity contribution in [3.63, 3.8) is 0 Å². The quantitative estimate of drug-likeness (QED) is 0.561. The lowest BCUT2D eigenvalue weighted by Gasteiger charge is -2.31. The van der Waals surface area contributed by atoms with Gasteiger partial charge in [0, 0.05) is 35.3 Å². The number of anilines is 1. The fourth-order valence-corrected chi connectivity index (χ4v) is 3.52. The molecule has 1 saturated heterocycles. The van der Waals surface area contributed by atoms with E-state index in [0.29, 0.717) is 22.7 Å². The first-order valence-electron chi connectivity index (χ1n) is 9.50. The van der Waals surface area contributed by atoms with Gasteiger partial charge in [0.2, 0.25) is 5.91 Å². The molecule has 11 heteroatoms. The molecule has 0 spiro atoms. The van der Waals surface area contributed by atoms with E-state index < -0.39 is 41.0 Å². The Bertz CT molecular complexity index is 965. The zero-order valence-electron chi connectivity index (χ0n) is 16.4. The fourth-order valence-electron chi connectivity index (χ4n) is 3.39. The van der Waals surface area contributed by atoms with Gasteiger partial charge in [0.1, 0.15) is 0 Å². The van der Waals surface area contributed by atoms with Crippen LogP contribution in [-0.2, 0) is 17.1 Å². The van der Waals surface area contributed by atoms with Crippen LogP contribution in [0.3, 0.4) is 0 Å². The first-order chi connectivity index (χ1) is 14.8. The molecule has 0 bridgehead atoms. The molecule has 172 valence electrons. The number of rotatable bonds is 3. The monoisotopic (exact) mass is 478 g/mol. The third-order valence-electron chi connectivity index (χ3n) is 5.10. The average molecular weight is 479 g/mol. The van der Waals surface area contributed by atoms with Crippen LogP contribution in [0.15, 0.2) is 42.5 Å². The summed E-state index contributed by atoms with van der Waals surface area (Å²) in [6, 6.07) is 7.19. The lowest BCUT2D eigenvalue weighted by atomic mass is 9.95. The standard InChI is InChI=1S/C21H17ClF6N2O2/c22-16-3-1-13(2-4-16)19(32)30-7-5-12(6-8-30)18(31)29-17-10-14(20(23,24)25)9-15(11-17)21(26,27)28/h1-4,9-12H,5-8H2,(H,29,31). The Morgan fingerprint density at radius 3 is 1.84 bits per heavy atom. The highest BCUT2D eigenvalue weighted by atomic mass is 35.5. The molecule has 1 fully saturated rings. The minimum atomic E-state index is -5.01. The van der Waals surface area contributed by atoms with Crippen molar-refractivity contribution in [1.82, 2.24) is 4.90 Å². The summed E-state index contributed by atoms with van der Waals surface area (Å²) in [7, 11) is 0. The van der Waals surface area contributed by atoms with Crippen molar-refractivity contribution in [3.8, 4) is 0 Å². The Labute approximate surface area is 184 Å². The number of hydrogen-bond acceptors (Lipinski definition) is 2. The number of amides is 2. The van der Waals surface area contributed by atoms with E-state index >= 15 is 0 Å². The van der Waals surface area contributed by atoms with E-state index in [1.807, 2.05) is 0 Å². The van der Waals surface area contributed by atoms with Gasteiger partial charge in [-0.05, 0) is 55.3 Å². The lowest BCUT2D eigenvalue weighted by Crippen LogP contribution is -2.41. The predicted molar refractivity (Wildman–Crippen MR) is 105 cm³/mol. The van der Waals surface area contributed by atoms with Crippen molar-refractivity contribution < 1.29 is 35.9 Å². The Morgan fingerprint density at radius 2 is 1.38 bits per heavy atom. The molecule has 2 aromatic carbocycles. The molecule has 1 aliphatic heterocycles. The maximum atomic E-state index is 13.0. The van der Waals surface area contributed by atoms with Crippen molar-refractivity contribution in [2.24, 2.45) is 5.92 Å². The maximum absolute atomic E-state index is 13.0. The zero-order chi connectivity index (χ0) is 23.7. The largest absolute Gasteiger partial charge is 0.416 e. The summed E-state index contributed by atoms with van der Waals surface area (Å²) in [6.07, 6.45) is -9.57. The van der Waals surface area contributed by atoms with Gasteiger partial charge in [-0.3, -0.25) is 9.59 Å². The zero-order valence-corrected chi connectivity index (χ0v) is 17.1. The summed E-state index contributed by atoms with van der Waals surface area (Å²) in [6.45, 7) is 0.436. The molecule has 2 aromatic rings. The lowest BCUT2D eigenvalue weighted by molar-refractivity contribution is -0.143. The van der Waals surface area contributed by atoms with Gasteiger partial charge in [-0.1, -0.05) is 11.6 Å². The van der Waals surface area contributed by atoms with Gasteiger partial charge in [-0.15, -0.1) is 0 Å². The van der Waals surface area contributed by atoms with Gasteiger partial charge in [0.25, 0.3) is 5.91 Å². The number of halogens is 7. The second-order valence-corrected chi connectivity index (χ2v) is 7.79. The highest BCUT2D eigenvalue weighted by molar-refractivity contribution is 6.30. The molecule has 2 amide bonds. The number of benzene rings is 2. The molecule has 0 radical (unpaired) electrons. The number of piperidine rings is 1. The summed E-state index contributed by atoms with van der Waals surface area (Å²) < 4.78 is 77.9. The summed E-state index contributed by atoms with van der Waals surface area (Å²) in [5, 5.41) is 2.63. The van der Waals surface area contributed by atoms with Crippen LogP contribution in [0.2, 0.25) is 5.02 Å². The Hall–Kier alpha value is -2.75. The molecule has 0 unspecified atom stereocenters. The average Bonchev–Trinajstić information content (AvgIpc) is 2.72. The van der Waals surface area contributed by atoms with Crippen LogP contribution in [0.5, 0.6) is 0 Å². The highest BCUT2D eigenvalue weighted by Crippen LogP contribution is 2.37.